The summed E-state index contributed by atoms with van der Waals surface area (Å²) in [4.78, 5) is 16.8. The topological polar surface area (TPSA) is 104 Å². The summed E-state index contributed by atoms with van der Waals surface area (Å²) < 4.78 is 39.2. The first kappa shape index (κ1) is 26.2. The Morgan fingerprint density at radius 3 is 2.59 bits per heavy atom. The van der Waals surface area contributed by atoms with Crippen LogP contribution in [0.1, 0.15) is 24.1 Å². The third kappa shape index (κ3) is 5.28. The molecule has 0 radical (unpaired) electrons. The Hall–Kier alpha value is -4.99. The number of carbonyl (C=O) groups is 1. The van der Waals surface area contributed by atoms with E-state index in [2.05, 4.69) is 10.3 Å². The fraction of sp³-hybridized carbons (Fsp3) is 0.226. The molecule has 1 fully saturated rings. The Kier molecular flexibility index (Phi) is 6.74. The molecule has 0 bridgehead atoms. The number of carbonyl (C=O) groups excluding carboxylic acids is 1. The van der Waals surface area contributed by atoms with Crippen LogP contribution in [0.5, 0.6) is 23.0 Å². The van der Waals surface area contributed by atoms with Gasteiger partial charge in [-0.15, -0.1) is 0 Å². The third-order valence-electron chi connectivity index (χ3n) is 7.18. The molecule has 1 amide bonds. The van der Waals surface area contributed by atoms with Crippen LogP contribution in [0.15, 0.2) is 72.9 Å². The van der Waals surface area contributed by atoms with Crippen LogP contribution in [-0.4, -0.2) is 40.3 Å². The number of aromatic nitrogens is 2. The minimum atomic E-state index is -0.584. The summed E-state index contributed by atoms with van der Waals surface area (Å²) in [5.41, 5.74) is 1.80. The summed E-state index contributed by atoms with van der Waals surface area (Å²) in [6, 6.07) is 19.2. The molecule has 0 atom stereocenters. The van der Waals surface area contributed by atoms with Crippen molar-refractivity contribution in [1.82, 2.24) is 15.0 Å². The van der Waals surface area contributed by atoms with Crippen molar-refractivity contribution in [1.29, 1.82) is 0 Å². The van der Waals surface area contributed by atoms with Crippen LogP contribution in [0.2, 0.25) is 0 Å². The average Bonchev–Trinajstić information content (AvgIpc) is 3.69. The maximum Gasteiger partial charge on any atom is 0.408 e. The molecule has 10 heteroatoms. The highest BCUT2D eigenvalue weighted by Gasteiger charge is 2.45. The number of aryl methyl sites for hydroxylation is 1. The number of pyridine rings is 1. The first-order valence-electron chi connectivity index (χ1n) is 13.1. The van der Waals surface area contributed by atoms with E-state index in [9.17, 15) is 10.0 Å². The van der Waals surface area contributed by atoms with Crippen molar-refractivity contribution >= 4 is 27.9 Å². The zero-order valence-corrected chi connectivity index (χ0v) is 22.5. The zero-order chi connectivity index (χ0) is 28.6. The molecule has 5 aromatic rings. The van der Waals surface area contributed by atoms with Crippen LogP contribution >= 0.6 is 0 Å². The van der Waals surface area contributed by atoms with Gasteiger partial charge >= 0.3 is 6.09 Å². The Morgan fingerprint density at radius 2 is 1.83 bits per heavy atom. The summed E-state index contributed by atoms with van der Waals surface area (Å²) in [5, 5.41) is 13.9. The van der Waals surface area contributed by atoms with Gasteiger partial charge in [0.1, 0.15) is 19.0 Å². The normalized spacial score (nSPS) is 13.6. The number of rotatable bonds is 9. The smallest absolute Gasteiger partial charge is 0.408 e. The molecule has 210 valence electrons. The number of hydrogen-bond acceptors (Lipinski definition) is 7. The molecule has 0 aliphatic heterocycles. The molecule has 0 unspecified atom stereocenters. The molecule has 9 nitrogen and oxygen atoms in total. The van der Waals surface area contributed by atoms with Gasteiger partial charge < -0.3 is 29.5 Å². The van der Waals surface area contributed by atoms with E-state index in [1.165, 1.54) is 13.2 Å². The van der Waals surface area contributed by atoms with E-state index in [1.807, 2.05) is 30.3 Å². The summed E-state index contributed by atoms with van der Waals surface area (Å²) in [5.74, 6) is 0.680. The van der Waals surface area contributed by atoms with Crippen LogP contribution in [0.25, 0.3) is 21.8 Å². The van der Waals surface area contributed by atoms with Gasteiger partial charge in [0.2, 0.25) is 0 Å². The lowest BCUT2D eigenvalue weighted by molar-refractivity contribution is 0.128. The zero-order valence-electron chi connectivity index (χ0n) is 22.5. The molecule has 1 saturated carbocycles. The molecular weight excluding hydrogens is 529 g/mol. The van der Waals surface area contributed by atoms with Crippen molar-refractivity contribution in [2.75, 3.05) is 13.7 Å². The van der Waals surface area contributed by atoms with Crippen LogP contribution in [0, 0.1) is 12.7 Å². The molecule has 2 aromatic heterocycles. The fourth-order valence-electron chi connectivity index (χ4n) is 4.68. The van der Waals surface area contributed by atoms with E-state index in [1.54, 1.807) is 43.5 Å². The maximum atomic E-state index is 15.3. The number of alkyl carbamates (subject to hydrolysis) is 1. The van der Waals surface area contributed by atoms with E-state index in [4.69, 9.17) is 18.9 Å². The first-order chi connectivity index (χ1) is 19.9. The highest BCUT2D eigenvalue weighted by atomic mass is 19.1. The second-order valence-electron chi connectivity index (χ2n) is 10.1. The van der Waals surface area contributed by atoms with Crippen molar-refractivity contribution in [3.63, 3.8) is 0 Å². The minimum absolute atomic E-state index is 0.00999. The van der Waals surface area contributed by atoms with Gasteiger partial charge in [0.05, 0.1) is 29.4 Å². The largest absolute Gasteiger partial charge is 0.493 e. The van der Waals surface area contributed by atoms with Crippen LogP contribution < -0.4 is 19.5 Å². The lowest BCUT2D eigenvalue weighted by atomic mass is 10.1. The van der Waals surface area contributed by atoms with Crippen LogP contribution in [0.3, 0.4) is 0 Å². The number of amides is 1. The number of nitrogens with one attached hydrogen (secondary N) is 1. The van der Waals surface area contributed by atoms with Gasteiger partial charge in [0.25, 0.3) is 0 Å². The maximum absolute atomic E-state index is 15.3. The Bertz CT molecular complexity index is 1750. The number of fused-ring (bicyclic) bond motifs is 2. The molecule has 3 aromatic carbocycles. The van der Waals surface area contributed by atoms with Gasteiger partial charge in [-0.3, -0.25) is 4.98 Å². The number of halogens is 1. The van der Waals surface area contributed by atoms with Crippen molar-refractivity contribution in [2.24, 2.45) is 0 Å². The van der Waals surface area contributed by atoms with Crippen molar-refractivity contribution in [2.45, 2.75) is 31.9 Å². The summed E-state index contributed by atoms with van der Waals surface area (Å²) in [6.07, 6.45) is 2.58. The molecule has 1 aliphatic rings. The molecule has 6 rings (SSSR count). The fourth-order valence-corrected chi connectivity index (χ4v) is 4.68. The Morgan fingerprint density at radius 1 is 1.02 bits per heavy atom. The van der Waals surface area contributed by atoms with Crippen molar-refractivity contribution in [3.8, 4) is 23.0 Å². The van der Waals surface area contributed by atoms with Gasteiger partial charge in [-0.25, -0.2) is 9.18 Å². The number of benzene rings is 3. The minimum Gasteiger partial charge on any atom is -0.493 e. The average molecular weight is 558 g/mol. The van der Waals surface area contributed by atoms with Gasteiger partial charge in [-0.2, -0.15) is 4.73 Å². The summed E-state index contributed by atoms with van der Waals surface area (Å²) >= 11 is 0. The number of ether oxygens (including phenoxy) is 4. The van der Waals surface area contributed by atoms with Crippen LogP contribution in [-0.2, 0) is 11.3 Å². The predicted molar refractivity (Wildman–Crippen MR) is 149 cm³/mol. The second kappa shape index (κ2) is 10.5. The predicted octanol–water partition coefficient (Wildman–Crippen LogP) is 6.51. The van der Waals surface area contributed by atoms with Crippen LogP contribution in [0.4, 0.5) is 9.18 Å². The number of hydrogen-bond donors (Lipinski definition) is 2. The van der Waals surface area contributed by atoms with Crippen molar-refractivity contribution < 1.29 is 33.3 Å². The number of methoxy groups -OCH3 is 1. The number of nitrogens with zero attached hydrogens (tertiary/aromatic N) is 2. The van der Waals surface area contributed by atoms with Gasteiger partial charge in [-0.05, 0) is 55.7 Å². The molecule has 2 N–H and O–H groups in total. The molecule has 1 aliphatic carbocycles. The SMILES string of the molecule is COc1cc2c(Oc3ccc4c(cc(C)n4O)c3F)ccnc2cc1OCC1(NC(=O)OCc2ccccc2)CC1. The Labute approximate surface area is 235 Å². The molecule has 2 heterocycles. The first-order valence-corrected chi connectivity index (χ1v) is 13.1. The summed E-state index contributed by atoms with van der Waals surface area (Å²) in [6.45, 7) is 2.09. The molecule has 41 heavy (non-hydrogen) atoms. The lowest BCUT2D eigenvalue weighted by Gasteiger charge is -2.19. The van der Waals surface area contributed by atoms with Crippen molar-refractivity contribution in [3.05, 3.63) is 90.0 Å². The summed E-state index contributed by atoms with van der Waals surface area (Å²) in [7, 11) is 1.52. The monoisotopic (exact) mass is 557 g/mol. The van der Waals surface area contributed by atoms with E-state index in [0.29, 0.717) is 39.4 Å². The third-order valence-corrected chi connectivity index (χ3v) is 7.18. The lowest BCUT2D eigenvalue weighted by Crippen LogP contribution is -2.41. The van der Waals surface area contributed by atoms with E-state index in [0.717, 1.165) is 23.1 Å². The van der Waals surface area contributed by atoms with E-state index < -0.39 is 17.4 Å². The van der Waals surface area contributed by atoms with Gasteiger partial charge in [-0.1, -0.05) is 30.3 Å². The highest BCUT2D eigenvalue weighted by molar-refractivity contribution is 5.89. The van der Waals surface area contributed by atoms with E-state index >= 15 is 4.39 Å². The molecule has 0 spiro atoms. The highest BCUT2D eigenvalue weighted by Crippen LogP contribution is 2.41. The standard InChI is InChI=1S/C31H28FN3O6/c1-19-14-22-24(35(19)37)8-9-26(29(22)32)41-25-10-13-33-23-16-28(27(38-2)15-21(23)25)40-18-31(11-12-31)34-30(36)39-17-20-6-4-3-5-7-20/h3-10,13-16,37H,11-12,17-18H2,1-2H3,(H,34,36). The van der Waals surface area contributed by atoms with Gasteiger partial charge in [0.15, 0.2) is 23.1 Å². The molecule has 0 saturated heterocycles. The molecular formula is C31H28FN3O6. The van der Waals surface area contributed by atoms with Gasteiger partial charge in [0, 0.05) is 23.0 Å². The Balaban J connectivity index is 1.18. The quantitative estimate of drug-likeness (QED) is 0.199. The van der Waals surface area contributed by atoms with E-state index in [-0.39, 0.29) is 24.3 Å². The second-order valence-corrected chi connectivity index (χ2v) is 10.1.